The molecule has 6 nitrogen and oxygen atoms in total. The van der Waals surface area contributed by atoms with Gasteiger partial charge in [0.05, 0.1) is 15.5 Å². The molecule has 0 saturated heterocycles. The number of ketones is 1. The minimum Gasteiger partial charge on any atom is -0.339 e. The highest BCUT2D eigenvalue weighted by Gasteiger charge is 2.23. The van der Waals surface area contributed by atoms with E-state index in [2.05, 4.69) is 9.97 Å². The van der Waals surface area contributed by atoms with Gasteiger partial charge in [0.25, 0.3) is 0 Å². The van der Waals surface area contributed by atoms with E-state index in [0.29, 0.717) is 16.1 Å². The Bertz CT molecular complexity index is 1220. The second-order valence-electron chi connectivity index (χ2n) is 5.66. The summed E-state index contributed by atoms with van der Waals surface area (Å²) in [6.07, 6.45) is 1.50. The van der Waals surface area contributed by atoms with Gasteiger partial charge in [0.2, 0.25) is 5.82 Å². The van der Waals surface area contributed by atoms with Crippen LogP contribution < -0.4 is 0 Å². The Labute approximate surface area is 150 Å². The summed E-state index contributed by atoms with van der Waals surface area (Å²) < 4.78 is 14.3. The number of aromatic nitrogens is 2. The highest BCUT2D eigenvalue weighted by Crippen LogP contribution is 2.29. The number of halogens is 2. The van der Waals surface area contributed by atoms with Gasteiger partial charge in [0.15, 0.2) is 5.78 Å². The fourth-order valence-electron chi connectivity index (χ4n) is 2.88. The highest BCUT2D eigenvalue weighted by atomic mass is 35.5. The summed E-state index contributed by atoms with van der Waals surface area (Å²) in [6, 6.07) is 10.0. The molecule has 0 atom stereocenters. The Kier molecular flexibility index (Phi) is 3.66. The summed E-state index contributed by atoms with van der Waals surface area (Å²) in [5, 5.41) is 12.8. The average molecular weight is 370 g/mol. The Morgan fingerprint density at radius 3 is 2.77 bits per heavy atom. The SMILES string of the molecule is O=C(c1ccc2[nH]c3ncc(Cl)cc3c2c1)c1cccc([N+](=O)[O-])c1F. The highest BCUT2D eigenvalue weighted by molar-refractivity contribution is 6.31. The second-order valence-corrected chi connectivity index (χ2v) is 6.10. The predicted octanol–water partition coefficient (Wildman–Crippen LogP) is 4.65. The molecule has 8 heteroatoms. The number of pyridine rings is 1. The van der Waals surface area contributed by atoms with E-state index in [1.54, 1.807) is 18.2 Å². The number of nitrogens with one attached hydrogen (secondary N) is 1. The van der Waals surface area contributed by atoms with Crippen LogP contribution >= 0.6 is 11.6 Å². The standard InChI is InChI=1S/C18H9ClFN3O3/c19-10-7-13-12-6-9(4-5-14(12)22-18(13)21-8-10)17(24)11-2-1-3-15(16(11)20)23(25)26/h1-8H,(H,21,22). The van der Waals surface area contributed by atoms with Gasteiger partial charge in [-0.2, -0.15) is 4.39 Å². The van der Waals surface area contributed by atoms with Crippen molar-refractivity contribution in [2.75, 3.05) is 0 Å². The molecule has 0 aliphatic carbocycles. The maximum Gasteiger partial charge on any atom is 0.305 e. The fraction of sp³-hybridized carbons (Fsp3) is 0. The Morgan fingerprint density at radius 2 is 2.00 bits per heavy atom. The van der Waals surface area contributed by atoms with Crippen molar-refractivity contribution in [2.45, 2.75) is 0 Å². The zero-order valence-corrected chi connectivity index (χ0v) is 13.7. The number of nitrogens with zero attached hydrogens (tertiary/aromatic N) is 2. The summed E-state index contributed by atoms with van der Waals surface area (Å²) in [5.41, 5.74) is 0.466. The van der Waals surface area contributed by atoms with Crippen LogP contribution in [-0.2, 0) is 0 Å². The van der Waals surface area contributed by atoms with E-state index in [1.165, 1.54) is 24.4 Å². The lowest BCUT2D eigenvalue weighted by Crippen LogP contribution is -2.06. The molecule has 0 amide bonds. The van der Waals surface area contributed by atoms with E-state index in [9.17, 15) is 19.3 Å². The van der Waals surface area contributed by atoms with Gasteiger partial charge in [0.1, 0.15) is 5.65 Å². The van der Waals surface area contributed by atoms with Crippen LogP contribution in [0.2, 0.25) is 5.02 Å². The van der Waals surface area contributed by atoms with Crippen molar-refractivity contribution < 1.29 is 14.1 Å². The molecule has 0 spiro atoms. The van der Waals surface area contributed by atoms with E-state index in [1.807, 2.05) is 0 Å². The van der Waals surface area contributed by atoms with E-state index < -0.39 is 22.2 Å². The third-order valence-electron chi connectivity index (χ3n) is 4.10. The normalized spacial score (nSPS) is 11.2. The largest absolute Gasteiger partial charge is 0.339 e. The van der Waals surface area contributed by atoms with Crippen LogP contribution in [0.3, 0.4) is 0 Å². The molecule has 2 aromatic heterocycles. The molecular weight excluding hydrogens is 361 g/mol. The van der Waals surface area contributed by atoms with E-state index >= 15 is 0 Å². The lowest BCUT2D eigenvalue weighted by atomic mass is 10.0. The molecule has 0 radical (unpaired) electrons. The quantitative estimate of drug-likeness (QED) is 0.323. The number of hydrogen-bond acceptors (Lipinski definition) is 4. The van der Waals surface area contributed by atoms with Gasteiger partial charge < -0.3 is 4.98 Å². The number of aromatic amines is 1. The smallest absolute Gasteiger partial charge is 0.305 e. The zero-order chi connectivity index (χ0) is 18.4. The summed E-state index contributed by atoms with van der Waals surface area (Å²) in [7, 11) is 0. The lowest BCUT2D eigenvalue weighted by molar-refractivity contribution is -0.387. The van der Waals surface area contributed by atoms with Gasteiger partial charge in [0, 0.05) is 34.1 Å². The number of rotatable bonds is 3. The van der Waals surface area contributed by atoms with Gasteiger partial charge >= 0.3 is 5.69 Å². The molecular formula is C18H9ClFN3O3. The van der Waals surface area contributed by atoms with Gasteiger partial charge in [-0.05, 0) is 30.3 Å². The number of hydrogen-bond donors (Lipinski definition) is 1. The van der Waals surface area contributed by atoms with Crippen molar-refractivity contribution >= 4 is 45.0 Å². The molecule has 0 aliphatic heterocycles. The molecule has 2 aromatic carbocycles. The van der Waals surface area contributed by atoms with Crippen LogP contribution in [0.1, 0.15) is 15.9 Å². The molecule has 0 aliphatic rings. The fourth-order valence-corrected chi connectivity index (χ4v) is 3.04. The van der Waals surface area contributed by atoms with Gasteiger partial charge in [-0.1, -0.05) is 17.7 Å². The first kappa shape index (κ1) is 16.2. The third-order valence-corrected chi connectivity index (χ3v) is 4.31. The van der Waals surface area contributed by atoms with Crippen molar-refractivity contribution in [3.63, 3.8) is 0 Å². The summed E-state index contributed by atoms with van der Waals surface area (Å²) >= 11 is 5.99. The number of carbonyl (C=O) groups excluding carboxylic acids is 1. The average Bonchev–Trinajstić information content (AvgIpc) is 2.98. The maximum atomic E-state index is 14.3. The monoisotopic (exact) mass is 369 g/mol. The summed E-state index contributed by atoms with van der Waals surface area (Å²) in [4.78, 5) is 30.0. The predicted molar refractivity (Wildman–Crippen MR) is 95.1 cm³/mol. The molecule has 0 fully saturated rings. The number of fused-ring (bicyclic) bond motifs is 3. The first-order valence-electron chi connectivity index (χ1n) is 7.50. The Morgan fingerprint density at radius 1 is 1.19 bits per heavy atom. The molecule has 0 unspecified atom stereocenters. The number of nitro benzene ring substituents is 1. The maximum absolute atomic E-state index is 14.3. The molecule has 4 aromatic rings. The van der Waals surface area contributed by atoms with Gasteiger partial charge in [-0.25, -0.2) is 4.98 Å². The minimum atomic E-state index is -1.15. The van der Waals surface area contributed by atoms with E-state index in [-0.39, 0.29) is 11.1 Å². The van der Waals surface area contributed by atoms with Crippen molar-refractivity contribution in [3.8, 4) is 0 Å². The summed E-state index contributed by atoms with van der Waals surface area (Å²) in [6.45, 7) is 0. The van der Waals surface area contributed by atoms with Crippen LogP contribution in [0.25, 0.3) is 21.9 Å². The van der Waals surface area contributed by atoms with Crippen LogP contribution in [0.4, 0.5) is 10.1 Å². The first-order chi connectivity index (χ1) is 12.5. The molecule has 4 rings (SSSR count). The number of carbonyl (C=O) groups is 1. The third kappa shape index (κ3) is 2.49. The van der Waals surface area contributed by atoms with Crippen LogP contribution in [0, 0.1) is 15.9 Å². The van der Waals surface area contributed by atoms with Gasteiger partial charge in [-0.3, -0.25) is 14.9 Å². The zero-order valence-electron chi connectivity index (χ0n) is 13.0. The number of H-pyrrole nitrogens is 1. The van der Waals surface area contributed by atoms with E-state index in [0.717, 1.165) is 17.0 Å². The van der Waals surface area contributed by atoms with Crippen molar-refractivity contribution in [1.82, 2.24) is 9.97 Å². The minimum absolute atomic E-state index is 0.206. The Balaban J connectivity index is 1.88. The Hall–Kier alpha value is -3.32. The van der Waals surface area contributed by atoms with Crippen LogP contribution in [0.5, 0.6) is 0 Å². The van der Waals surface area contributed by atoms with E-state index in [4.69, 9.17) is 11.6 Å². The van der Waals surface area contributed by atoms with Gasteiger partial charge in [-0.15, -0.1) is 0 Å². The lowest BCUT2D eigenvalue weighted by Gasteiger charge is -2.04. The van der Waals surface area contributed by atoms with Crippen LogP contribution in [-0.4, -0.2) is 20.7 Å². The molecule has 0 saturated carbocycles. The van der Waals surface area contributed by atoms with Crippen molar-refractivity contribution in [1.29, 1.82) is 0 Å². The topological polar surface area (TPSA) is 88.9 Å². The second kappa shape index (κ2) is 5.89. The number of nitro groups is 1. The van der Waals surface area contributed by atoms with Crippen molar-refractivity contribution in [3.05, 3.63) is 80.7 Å². The molecule has 0 bridgehead atoms. The molecule has 1 N–H and O–H groups in total. The molecule has 128 valence electrons. The summed E-state index contributed by atoms with van der Waals surface area (Å²) in [5.74, 6) is -1.79. The molecule has 2 heterocycles. The molecule has 26 heavy (non-hydrogen) atoms. The first-order valence-corrected chi connectivity index (χ1v) is 7.88. The van der Waals surface area contributed by atoms with Crippen LogP contribution in [0.15, 0.2) is 48.7 Å². The van der Waals surface area contributed by atoms with Crippen molar-refractivity contribution in [2.24, 2.45) is 0 Å². The number of benzene rings is 2.